The molecular formula is C27H34N2O5. The molecule has 2 amide bonds. The smallest absolute Gasteiger partial charge is 0.407 e. The molecule has 34 heavy (non-hydrogen) atoms. The Hall–Kier alpha value is -3.35. The van der Waals surface area contributed by atoms with Crippen molar-refractivity contribution in [3.05, 3.63) is 59.7 Å². The number of ether oxygens (including phenoxy) is 1. The van der Waals surface area contributed by atoms with E-state index in [1.54, 1.807) is 0 Å². The summed E-state index contributed by atoms with van der Waals surface area (Å²) in [5, 5.41) is 14.8. The minimum Gasteiger partial charge on any atom is -0.481 e. The first-order valence-corrected chi connectivity index (χ1v) is 11.9. The van der Waals surface area contributed by atoms with Gasteiger partial charge in [-0.1, -0.05) is 62.4 Å². The number of carbonyl (C=O) groups excluding carboxylic acids is 2. The number of aliphatic carboxylic acids is 1. The molecule has 0 saturated heterocycles. The van der Waals surface area contributed by atoms with Crippen LogP contribution in [-0.2, 0) is 14.3 Å². The Balaban J connectivity index is 1.43. The van der Waals surface area contributed by atoms with Gasteiger partial charge in [-0.3, -0.25) is 9.59 Å². The minimum absolute atomic E-state index is 0.00717. The van der Waals surface area contributed by atoms with Crippen LogP contribution in [0.15, 0.2) is 48.5 Å². The molecule has 0 aromatic heterocycles. The van der Waals surface area contributed by atoms with E-state index in [2.05, 4.69) is 34.9 Å². The monoisotopic (exact) mass is 466 g/mol. The number of fused-ring (bicyclic) bond motifs is 3. The number of carbonyl (C=O) groups is 3. The standard InChI is InChI=1S/C27H34N2O5/c1-17(2)14-19(26(31)32)15-28-25(30)13-12-18(3)29-27(33)34-16-24-22-10-6-4-8-20(22)21-9-5-7-11-23(21)24/h4-11,17-19,24H,12-16H2,1-3H3,(H,28,30)(H,29,33)(H,31,32). The molecule has 0 radical (unpaired) electrons. The predicted octanol–water partition coefficient (Wildman–Crippen LogP) is 4.56. The third-order valence-corrected chi connectivity index (χ3v) is 6.16. The van der Waals surface area contributed by atoms with E-state index < -0.39 is 18.0 Å². The highest BCUT2D eigenvalue weighted by atomic mass is 16.5. The van der Waals surface area contributed by atoms with E-state index >= 15 is 0 Å². The molecule has 1 aliphatic rings. The molecule has 0 fully saturated rings. The fraction of sp³-hybridized carbons (Fsp3) is 0.444. The van der Waals surface area contributed by atoms with Crippen molar-refractivity contribution in [3.8, 4) is 11.1 Å². The summed E-state index contributed by atoms with van der Waals surface area (Å²) in [7, 11) is 0. The first-order valence-electron chi connectivity index (χ1n) is 11.9. The lowest BCUT2D eigenvalue weighted by atomic mass is 9.97. The second-order valence-corrected chi connectivity index (χ2v) is 9.38. The van der Waals surface area contributed by atoms with Crippen molar-refractivity contribution >= 4 is 18.0 Å². The molecule has 1 aliphatic carbocycles. The molecule has 2 aromatic rings. The highest BCUT2D eigenvalue weighted by Gasteiger charge is 2.29. The third-order valence-electron chi connectivity index (χ3n) is 6.16. The summed E-state index contributed by atoms with van der Waals surface area (Å²) in [4.78, 5) is 35.8. The zero-order valence-electron chi connectivity index (χ0n) is 20.0. The van der Waals surface area contributed by atoms with Gasteiger partial charge in [0.25, 0.3) is 0 Å². The van der Waals surface area contributed by atoms with Gasteiger partial charge >= 0.3 is 12.1 Å². The van der Waals surface area contributed by atoms with E-state index in [0.29, 0.717) is 12.8 Å². The summed E-state index contributed by atoms with van der Waals surface area (Å²) < 4.78 is 5.54. The van der Waals surface area contributed by atoms with Gasteiger partial charge in [0.2, 0.25) is 5.91 Å². The molecule has 2 atom stereocenters. The van der Waals surface area contributed by atoms with Crippen LogP contribution in [0.2, 0.25) is 0 Å². The number of amides is 2. The number of benzene rings is 2. The number of rotatable bonds is 11. The average molecular weight is 467 g/mol. The average Bonchev–Trinajstić information content (AvgIpc) is 3.12. The van der Waals surface area contributed by atoms with Crippen molar-refractivity contribution in [1.29, 1.82) is 0 Å². The number of nitrogens with one attached hydrogen (secondary N) is 2. The SMILES string of the molecule is CC(C)CC(CNC(=O)CCC(C)NC(=O)OCC1c2ccccc2-c2ccccc21)C(=O)O. The summed E-state index contributed by atoms with van der Waals surface area (Å²) in [5.74, 6) is -1.50. The van der Waals surface area contributed by atoms with Gasteiger partial charge in [0, 0.05) is 24.9 Å². The summed E-state index contributed by atoms with van der Waals surface area (Å²) >= 11 is 0. The highest BCUT2D eigenvalue weighted by Crippen LogP contribution is 2.44. The highest BCUT2D eigenvalue weighted by molar-refractivity contribution is 5.79. The van der Waals surface area contributed by atoms with Crippen LogP contribution < -0.4 is 10.6 Å². The van der Waals surface area contributed by atoms with Gasteiger partial charge in [0.15, 0.2) is 0 Å². The molecule has 0 aliphatic heterocycles. The Morgan fingerprint density at radius 1 is 0.971 bits per heavy atom. The van der Waals surface area contributed by atoms with Crippen LogP contribution in [0, 0.1) is 11.8 Å². The van der Waals surface area contributed by atoms with Crippen molar-refractivity contribution < 1.29 is 24.2 Å². The molecule has 0 spiro atoms. The molecule has 182 valence electrons. The largest absolute Gasteiger partial charge is 0.481 e. The lowest BCUT2D eigenvalue weighted by Crippen LogP contribution is -2.36. The maximum atomic E-state index is 12.4. The number of carboxylic acids is 1. The van der Waals surface area contributed by atoms with Crippen LogP contribution in [0.4, 0.5) is 4.79 Å². The van der Waals surface area contributed by atoms with Gasteiger partial charge in [0.1, 0.15) is 6.61 Å². The molecular weight excluding hydrogens is 432 g/mol. The van der Waals surface area contributed by atoms with Gasteiger partial charge in [-0.05, 0) is 47.9 Å². The second-order valence-electron chi connectivity index (χ2n) is 9.38. The van der Waals surface area contributed by atoms with Crippen LogP contribution in [0.3, 0.4) is 0 Å². The topological polar surface area (TPSA) is 105 Å². The molecule has 2 aromatic carbocycles. The zero-order chi connectivity index (χ0) is 24.7. The fourth-order valence-corrected chi connectivity index (χ4v) is 4.43. The molecule has 7 nitrogen and oxygen atoms in total. The van der Waals surface area contributed by atoms with Crippen molar-refractivity contribution in [3.63, 3.8) is 0 Å². The van der Waals surface area contributed by atoms with Crippen molar-refractivity contribution in [2.45, 2.75) is 52.0 Å². The molecule has 0 heterocycles. The van der Waals surface area contributed by atoms with Gasteiger partial charge in [0.05, 0.1) is 5.92 Å². The lowest BCUT2D eigenvalue weighted by Gasteiger charge is -2.18. The maximum Gasteiger partial charge on any atom is 0.407 e. The third kappa shape index (κ3) is 6.59. The van der Waals surface area contributed by atoms with Gasteiger partial charge in [-0.25, -0.2) is 4.79 Å². The van der Waals surface area contributed by atoms with Crippen LogP contribution in [0.1, 0.15) is 57.1 Å². The first kappa shape index (κ1) is 25.3. The molecule has 3 N–H and O–H groups in total. The lowest BCUT2D eigenvalue weighted by molar-refractivity contribution is -0.142. The predicted molar refractivity (Wildman–Crippen MR) is 130 cm³/mol. The molecule has 2 unspecified atom stereocenters. The molecule has 0 saturated carbocycles. The number of carboxylic acid groups (broad SMARTS) is 1. The van der Waals surface area contributed by atoms with Crippen molar-refractivity contribution in [1.82, 2.24) is 10.6 Å². The van der Waals surface area contributed by atoms with Crippen LogP contribution in [0.5, 0.6) is 0 Å². The number of hydrogen-bond acceptors (Lipinski definition) is 4. The van der Waals surface area contributed by atoms with E-state index in [-0.39, 0.29) is 43.4 Å². The minimum atomic E-state index is -0.903. The summed E-state index contributed by atoms with van der Waals surface area (Å²) in [6.07, 6.45) is 0.615. The normalized spacial score (nSPS) is 14.1. The fourth-order valence-electron chi connectivity index (χ4n) is 4.43. The van der Waals surface area contributed by atoms with E-state index in [4.69, 9.17) is 4.74 Å². The van der Waals surface area contributed by atoms with E-state index in [9.17, 15) is 19.5 Å². The quantitative estimate of drug-likeness (QED) is 0.450. The van der Waals surface area contributed by atoms with Crippen molar-refractivity contribution in [2.24, 2.45) is 11.8 Å². The summed E-state index contributed by atoms with van der Waals surface area (Å²) in [6.45, 7) is 6.07. The summed E-state index contributed by atoms with van der Waals surface area (Å²) in [5.41, 5.74) is 4.65. The second kappa shape index (κ2) is 11.7. The Morgan fingerprint density at radius 2 is 1.56 bits per heavy atom. The number of hydrogen-bond donors (Lipinski definition) is 3. The zero-order valence-corrected chi connectivity index (χ0v) is 20.0. The van der Waals surface area contributed by atoms with Crippen LogP contribution in [-0.4, -0.2) is 42.3 Å². The van der Waals surface area contributed by atoms with E-state index in [0.717, 1.165) is 11.1 Å². The Morgan fingerprint density at radius 3 is 2.12 bits per heavy atom. The van der Waals surface area contributed by atoms with Gasteiger partial charge in [-0.2, -0.15) is 0 Å². The van der Waals surface area contributed by atoms with E-state index in [1.807, 2.05) is 45.0 Å². The maximum absolute atomic E-state index is 12.4. The molecule has 3 rings (SSSR count). The van der Waals surface area contributed by atoms with Gasteiger partial charge < -0.3 is 20.5 Å². The Kier molecular flexibility index (Phi) is 8.68. The van der Waals surface area contributed by atoms with Crippen LogP contribution in [0.25, 0.3) is 11.1 Å². The summed E-state index contributed by atoms with van der Waals surface area (Å²) in [6, 6.07) is 16.1. The Bertz CT molecular complexity index is 974. The molecule has 0 bridgehead atoms. The first-order chi connectivity index (χ1) is 16.3. The Labute approximate surface area is 200 Å². The van der Waals surface area contributed by atoms with Gasteiger partial charge in [-0.15, -0.1) is 0 Å². The van der Waals surface area contributed by atoms with E-state index in [1.165, 1.54) is 11.1 Å². The van der Waals surface area contributed by atoms with Crippen LogP contribution >= 0.6 is 0 Å². The van der Waals surface area contributed by atoms with Crippen molar-refractivity contribution in [2.75, 3.05) is 13.2 Å². The number of alkyl carbamates (subject to hydrolysis) is 1. The molecule has 7 heteroatoms.